The van der Waals surface area contributed by atoms with E-state index in [-0.39, 0.29) is 5.82 Å². The van der Waals surface area contributed by atoms with Gasteiger partial charge in [-0.1, -0.05) is 30.4 Å². The standard InChI is InChI=1S/C6H5F.C6H10S.C2H2/c7-6-4-2-1-3-5-6;1-5-2-3-6(7)4-5;1-2/h1-5H;6-7H,1-4H2;1-2H/t;6-;/m.0./s1. The van der Waals surface area contributed by atoms with Crippen LogP contribution in [0.3, 0.4) is 0 Å². The van der Waals surface area contributed by atoms with Crippen LogP contribution in [0.25, 0.3) is 0 Å². The summed E-state index contributed by atoms with van der Waals surface area (Å²) in [4.78, 5) is 0. The molecular formula is C14H17FS. The van der Waals surface area contributed by atoms with Gasteiger partial charge >= 0.3 is 0 Å². The number of benzene rings is 1. The van der Waals surface area contributed by atoms with Crippen LogP contribution in [0.4, 0.5) is 4.39 Å². The average molecular weight is 236 g/mol. The highest BCUT2D eigenvalue weighted by atomic mass is 32.1. The summed E-state index contributed by atoms with van der Waals surface area (Å²) in [6, 6.07) is 7.94. The molecule has 0 amide bonds. The number of thiol groups is 1. The zero-order chi connectivity index (χ0) is 12.4. The highest BCUT2D eigenvalue weighted by molar-refractivity contribution is 7.81. The molecule has 1 aliphatic rings. The first-order valence-electron chi connectivity index (χ1n) is 5.07. The largest absolute Gasteiger partial charge is 0.207 e. The van der Waals surface area contributed by atoms with Crippen molar-refractivity contribution in [3.63, 3.8) is 0 Å². The number of allylic oxidation sites excluding steroid dienone is 1. The summed E-state index contributed by atoms with van der Waals surface area (Å²) >= 11 is 4.29. The van der Waals surface area contributed by atoms with Crippen molar-refractivity contribution in [3.8, 4) is 12.8 Å². The predicted molar refractivity (Wildman–Crippen MR) is 72.1 cm³/mol. The van der Waals surface area contributed by atoms with Crippen LogP contribution in [0.2, 0.25) is 0 Å². The highest BCUT2D eigenvalue weighted by Gasteiger charge is 2.12. The summed E-state index contributed by atoms with van der Waals surface area (Å²) in [7, 11) is 0. The molecule has 0 unspecified atom stereocenters. The second-order valence-corrected chi connectivity index (χ2v) is 4.17. The Labute approximate surface area is 103 Å². The van der Waals surface area contributed by atoms with Crippen molar-refractivity contribution in [1.29, 1.82) is 0 Å². The number of hydrogen-bond acceptors (Lipinski definition) is 1. The minimum absolute atomic E-state index is 0.178. The van der Waals surface area contributed by atoms with E-state index >= 15 is 0 Å². The van der Waals surface area contributed by atoms with E-state index < -0.39 is 0 Å². The Hall–Kier alpha value is -1.20. The molecule has 0 bridgehead atoms. The zero-order valence-corrected chi connectivity index (χ0v) is 10.2. The van der Waals surface area contributed by atoms with Gasteiger partial charge in [0, 0.05) is 5.25 Å². The van der Waals surface area contributed by atoms with E-state index in [0.717, 1.165) is 6.42 Å². The SMILES string of the molecule is C#C.C=C1CC[C@H](S)C1.Fc1ccccc1. The number of halogens is 1. The monoisotopic (exact) mass is 236 g/mol. The number of terminal acetylenes is 1. The lowest BCUT2D eigenvalue weighted by molar-refractivity contribution is 0.628. The minimum Gasteiger partial charge on any atom is -0.207 e. The molecule has 1 aromatic rings. The molecule has 1 saturated carbocycles. The van der Waals surface area contributed by atoms with Crippen LogP contribution in [-0.2, 0) is 0 Å². The first-order chi connectivity index (χ1) is 7.68. The van der Waals surface area contributed by atoms with Gasteiger partial charge in [-0.25, -0.2) is 4.39 Å². The molecule has 86 valence electrons. The third-order valence-electron chi connectivity index (χ3n) is 2.09. The van der Waals surface area contributed by atoms with E-state index in [0.29, 0.717) is 5.25 Å². The molecule has 2 heteroatoms. The molecule has 0 saturated heterocycles. The Balaban J connectivity index is 0.000000244. The van der Waals surface area contributed by atoms with Gasteiger partial charge in [-0.2, -0.15) is 12.6 Å². The lowest BCUT2D eigenvalue weighted by Crippen LogP contribution is -1.84. The van der Waals surface area contributed by atoms with Gasteiger partial charge < -0.3 is 0 Å². The molecule has 0 aliphatic heterocycles. The summed E-state index contributed by atoms with van der Waals surface area (Å²) in [6.45, 7) is 3.86. The van der Waals surface area contributed by atoms with Crippen molar-refractivity contribution >= 4 is 12.6 Å². The van der Waals surface area contributed by atoms with Gasteiger partial charge in [0.2, 0.25) is 0 Å². The fourth-order valence-corrected chi connectivity index (χ4v) is 1.71. The molecule has 16 heavy (non-hydrogen) atoms. The van der Waals surface area contributed by atoms with Crippen LogP contribution in [0.1, 0.15) is 19.3 Å². The molecule has 0 spiro atoms. The smallest absolute Gasteiger partial charge is 0.123 e. The first kappa shape index (κ1) is 14.8. The number of hydrogen-bond donors (Lipinski definition) is 1. The predicted octanol–water partition coefficient (Wildman–Crippen LogP) is 4.10. The van der Waals surface area contributed by atoms with Crippen molar-refractivity contribution in [1.82, 2.24) is 0 Å². The Bertz CT molecular complexity index is 316. The van der Waals surface area contributed by atoms with Crippen LogP contribution in [0, 0.1) is 18.7 Å². The van der Waals surface area contributed by atoms with E-state index in [9.17, 15) is 4.39 Å². The zero-order valence-electron chi connectivity index (χ0n) is 9.27. The van der Waals surface area contributed by atoms with Crippen LogP contribution >= 0.6 is 12.6 Å². The lowest BCUT2D eigenvalue weighted by atomic mass is 10.3. The summed E-state index contributed by atoms with van der Waals surface area (Å²) in [5.74, 6) is -0.178. The molecule has 0 N–H and O–H groups in total. The molecule has 1 aromatic carbocycles. The van der Waals surface area contributed by atoms with Gasteiger partial charge in [-0.15, -0.1) is 12.8 Å². The second-order valence-electron chi connectivity index (χ2n) is 3.44. The maximum Gasteiger partial charge on any atom is 0.123 e. The van der Waals surface area contributed by atoms with Gasteiger partial charge in [0.25, 0.3) is 0 Å². The molecule has 0 radical (unpaired) electrons. The van der Waals surface area contributed by atoms with Crippen molar-refractivity contribution in [2.75, 3.05) is 0 Å². The van der Waals surface area contributed by atoms with Crippen molar-refractivity contribution in [3.05, 3.63) is 48.3 Å². The van der Waals surface area contributed by atoms with Crippen LogP contribution in [0.15, 0.2) is 42.5 Å². The fraction of sp³-hybridized carbons (Fsp3) is 0.286. The first-order valence-corrected chi connectivity index (χ1v) is 5.58. The quantitative estimate of drug-likeness (QED) is 0.391. The van der Waals surface area contributed by atoms with Gasteiger partial charge in [0.15, 0.2) is 0 Å². The van der Waals surface area contributed by atoms with E-state index in [4.69, 9.17) is 0 Å². The maximum absolute atomic E-state index is 11.9. The molecular weight excluding hydrogens is 219 g/mol. The minimum atomic E-state index is -0.178. The van der Waals surface area contributed by atoms with Gasteiger partial charge in [0.1, 0.15) is 5.82 Å². The van der Waals surface area contributed by atoms with Crippen molar-refractivity contribution in [2.45, 2.75) is 24.5 Å². The van der Waals surface area contributed by atoms with Crippen molar-refractivity contribution in [2.24, 2.45) is 0 Å². The Morgan fingerprint density at radius 2 is 1.81 bits per heavy atom. The second kappa shape index (κ2) is 9.06. The van der Waals surface area contributed by atoms with E-state index in [1.807, 2.05) is 0 Å². The molecule has 1 fully saturated rings. The third kappa shape index (κ3) is 7.14. The van der Waals surface area contributed by atoms with Crippen LogP contribution in [0.5, 0.6) is 0 Å². The molecule has 2 rings (SSSR count). The normalized spacial score (nSPS) is 17.8. The van der Waals surface area contributed by atoms with Crippen LogP contribution < -0.4 is 0 Å². The molecule has 1 aliphatic carbocycles. The van der Waals surface area contributed by atoms with Gasteiger partial charge in [-0.3, -0.25) is 0 Å². The average Bonchev–Trinajstić information content (AvgIpc) is 2.67. The van der Waals surface area contributed by atoms with Crippen molar-refractivity contribution < 1.29 is 4.39 Å². The Morgan fingerprint density at radius 3 is 2.00 bits per heavy atom. The molecule has 0 nitrogen and oxygen atoms in total. The van der Waals surface area contributed by atoms with Gasteiger partial charge in [0.05, 0.1) is 0 Å². The van der Waals surface area contributed by atoms with E-state index in [2.05, 4.69) is 32.1 Å². The molecule has 0 heterocycles. The van der Waals surface area contributed by atoms with Crippen LogP contribution in [-0.4, -0.2) is 5.25 Å². The summed E-state index contributed by atoms with van der Waals surface area (Å²) in [5.41, 5.74) is 1.38. The Kier molecular flexibility index (Phi) is 8.38. The van der Waals surface area contributed by atoms with Gasteiger partial charge in [-0.05, 0) is 31.4 Å². The topological polar surface area (TPSA) is 0 Å². The molecule has 1 atom stereocenters. The summed E-state index contributed by atoms with van der Waals surface area (Å²) in [6.07, 6.45) is 11.6. The summed E-state index contributed by atoms with van der Waals surface area (Å²) < 4.78 is 11.9. The van der Waals surface area contributed by atoms with E-state index in [1.54, 1.807) is 18.2 Å². The lowest BCUT2D eigenvalue weighted by Gasteiger charge is -1.91. The highest BCUT2D eigenvalue weighted by Crippen LogP contribution is 2.26. The third-order valence-corrected chi connectivity index (χ3v) is 2.53. The Morgan fingerprint density at radius 1 is 1.25 bits per heavy atom. The molecule has 0 aromatic heterocycles. The number of rotatable bonds is 0. The maximum atomic E-state index is 11.9. The summed E-state index contributed by atoms with van der Waals surface area (Å²) in [5, 5.41) is 0.618. The van der Waals surface area contributed by atoms with E-state index in [1.165, 1.54) is 30.5 Å². The fourth-order valence-electron chi connectivity index (χ4n) is 1.32.